The molecule has 3 aromatic rings. The smallest absolute Gasteiger partial charge is 0.419 e. The molecule has 0 fully saturated rings. The number of fused-ring (bicyclic) bond motifs is 1. The average molecular weight is 336 g/mol. The van der Waals surface area contributed by atoms with Crippen molar-refractivity contribution >= 4 is 28.6 Å². The minimum Gasteiger partial charge on any atom is -0.443 e. The highest BCUT2D eigenvalue weighted by Gasteiger charge is 2.22. The number of hydrogen-bond acceptors (Lipinski definition) is 3. The van der Waals surface area contributed by atoms with Crippen molar-refractivity contribution in [3.8, 4) is 0 Å². The van der Waals surface area contributed by atoms with Gasteiger partial charge >= 0.3 is 6.09 Å². The largest absolute Gasteiger partial charge is 0.443 e. The summed E-state index contributed by atoms with van der Waals surface area (Å²) in [7, 11) is 0. The third kappa shape index (κ3) is 3.71. The summed E-state index contributed by atoms with van der Waals surface area (Å²) in [6.07, 6.45) is 1.01. The summed E-state index contributed by atoms with van der Waals surface area (Å²) >= 11 is 0. The molecule has 0 unspecified atom stereocenters. The van der Waals surface area contributed by atoms with E-state index in [1.165, 1.54) is 10.8 Å². The van der Waals surface area contributed by atoms with Crippen molar-refractivity contribution in [1.29, 1.82) is 0 Å². The molecule has 0 radical (unpaired) electrons. The lowest BCUT2D eigenvalue weighted by atomic mass is 10.1. The highest BCUT2D eigenvalue weighted by Crippen LogP contribution is 2.24. The molecule has 0 aliphatic rings. The lowest BCUT2D eigenvalue weighted by Crippen LogP contribution is -2.26. The number of ether oxygens (including phenoxy) is 1. The van der Waals surface area contributed by atoms with Crippen LogP contribution >= 0.6 is 0 Å². The topological polar surface area (TPSA) is 60.3 Å². The number of carbonyl (C=O) groups excluding carboxylic acids is 2. The molecule has 1 heterocycles. The summed E-state index contributed by atoms with van der Waals surface area (Å²) in [5.74, 6) is -0.273. The molecular weight excluding hydrogens is 316 g/mol. The Kier molecular flexibility index (Phi) is 4.31. The molecule has 5 nitrogen and oxygen atoms in total. The predicted molar refractivity (Wildman–Crippen MR) is 98.0 cm³/mol. The minimum atomic E-state index is -0.616. The minimum absolute atomic E-state index is 0.273. The van der Waals surface area contributed by atoms with E-state index in [1.807, 2.05) is 48.5 Å². The number of hydrogen-bond donors (Lipinski definition) is 1. The van der Waals surface area contributed by atoms with Crippen LogP contribution in [0.4, 0.5) is 10.5 Å². The first kappa shape index (κ1) is 16.8. The lowest BCUT2D eigenvalue weighted by molar-refractivity contribution is 0.0544. The van der Waals surface area contributed by atoms with E-state index in [2.05, 4.69) is 5.32 Å². The summed E-state index contributed by atoms with van der Waals surface area (Å²) in [4.78, 5) is 25.2. The molecule has 0 spiro atoms. The SMILES string of the molecule is CC(C)(C)OC(=O)n1cc(C(=O)Nc2ccccc2)c2ccccc21. The Morgan fingerprint density at radius 1 is 0.960 bits per heavy atom. The maximum atomic E-state index is 12.7. The number of benzene rings is 2. The van der Waals surface area contributed by atoms with E-state index in [0.29, 0.717) is 22.2 Å². The third-order valence-corrected chi connectivity index (χ3v) is 3.58. The van der Waals surface area contributed by atoms with Gasteiger partial charge in [-0.1, -0.05) is 36.4 Å². The number of anilines is 1. The predicted octanol–water partition coefficient (Wildman–Crippen LogP) is 4.68. The van der Waals surface area contributed by atoms with Gasteiger partial charge in [0.05, 0.1) is 11.1 Å². The quantitative estimate of drug-likeness (QED) is 0.739. The number of carbonyl (C=O) groups is 2. The van der Waals surface area contributed by atoms with Crippen molar-refractivity contribution < 1.29 is 14.3 Å². The fraction of sp³-hybridized carbons (Fsp3) is 0.200. The third-order valence-electron chi connectivity index (χ3n) is 3.58. The van der Waals surface area contributed by atoms with Gasteiger partial charge in [0, 0.05) is 17.3 Å². The first-order valence-electron chi connectivity index (χ1n) is 8.05. The van der Waals surface area contributed by atoms with E-state index >= 15 is 0 Å². The molecule has 5 heteroatoms. The van der Waals surface area contributed by atoms with Gasteiger partial charge in [-0.3, -0.25) is 9.36 Å². The summed E-state index contributed by atoms with van der Waals surface area (Å²) in [6.45, 7) is 5.42. The molecule has 0 bridgehead atoms. The molecule has 25 heavy (non-hydrogen) atoms. The molecule has 0 saturated heterocycles. The molecule has 1 N–H and O–H groups in total. The zero-order valence-corrected chi connectivity index (χ0v) is 14.4. The average Bonchev–Trinajstić information content (AvgIpc) is 2.94. The molecule has 2 aromatic carbocycles. The van der Waals surface area contributed by atoms with Crippen LogP contribution in [0.25, 0.3) is 10.9 Å². The fourth-order valence-electron chi connectivity index (χ4n) is 2.54. The van der Waals surface area contributed by atoms with E-state index in [9.17, 15) is 9.59 Å². The molecule has 0 saturated carbocycles. The van der Waals surface area contributed by atoms with Gasteiger partial charge in [-0.25, -0.2) is 4.79 Å². The van der Waals surface area contributed by atoms with Crippen LogP contribution in [-0.2, 0) is 4.74 Å². The van der Waals surface area contributed by atoms with Crippen molar-refractivity contribution in [2.75, 3.05) is 5.32 Å². The summed E-state index contributed by atoms with van der Waals surface area (Å²) < 4.78 is 6.81. The first-order valence-corrected chi connectivity index (χ1v) is 8.05. The van der Waals surface area contributed by atoms with Crippen LogP contribution < -0.4 is 5.32 Å². The first-order chi connectivity index (χ1) is 11.8. The Balaban J connectivity index is 1.99. The second-order valence-corrected chi connectivity index (χ2v) is 6.73. The molecular formula is C20H20N2O3. The summed E-state index contributed by atoms with van der Waals surface area (Å²) in [5.41, 5.74) is 1.14. The number of aromatic nitrogens is 1. The van der Waals surface area contributed by atoms with Gasteiger partial charge in [0.1, 0.15) is 5.60 Å². The van der Waals surface area contributed by atoms with Crippen molar-refractivity contribution in [3.05, 3.63) is 66.4 Å². The monoisotopic (exact) mass is 336 g/mol. The molecule has 128 valence electrons. The van der Waals surface area contributed by atoms with Gasteiger partial charge in [-0.15, -0.1) is 0 Å². The highest BCUT2D eigenvalue weighted by molar-refractivity contribution is 6.14. The van der Waals surface area contributed by atoms with Crippen LogP contribution in [0.2, 0.25) is 0 Å². The number of rotatable bonds is 2. The van der Waals surface area contributed by atoms with Crippen LogP contribution in [0.1, 0.15) is 31.1 Å². The number of nitrogens with zero attached hydrogens (tertiary/aromatic N) is 1. The Morgan fingerprint density at radius 2 is 1.60 bits per heavy atom. The molecule has 0 aliphatic carbocycles. The van der Waals surface area contributed by atoms with Crippen molar-refractivity contribution in [3.63, 3.8) is 0 Å². The molecule has 3 rings (SSSR count). The normalized spacial score (nSPS) is 11.3. The molecule has 0 aliphatic heterocycles. The van der Waals surface area contributed by atoms with Gasteiger partial charge in [-0.05, 0) is 39.0 Å². The maximum absolute atomic E-state index is 12.7. The van der Waals surface area contributed by atoms with E-state index < -0.39 is 11.7 Å². The van der Waals surface area contributed by atoms with E-state index in [0.717, 1.165) is 0 Å². The highest BCUT2D eigenvalue weighted by atomic mass is 16.6. The second-order valence-electron chi connectivity index (χ2n) is 6.73. The van der Waals surface area contributed by atoms with Crippen molar-refractivity contribution in [2.45, 2.75) is 26.4 Å². The zero-order valence-electron chi connectivity index (χ0n) is 14.4. The standard InChI is InChI=1S/C20H20N2O3/c1-20(2,3)25-19(24)22-13-16(15-11-7-8-12-17(15)22)18(23)21-14-9-5-4-6-10-14/h4-13H,1-3H3,(H,21,23). The van der Waals surface area contributed by atoms with Crippen LogP contribution in [0, 0.1) is 0 Å². The molecule has 1 aromatic heterocycles. The van der Waals surface area contributed by atoms with Gasteiger partial charge in [-0.2, -0.15) is 0 Å². The van der Waals surface area contributed by atoms with E-state index in [-0.39, 0.29) is 5.91 Å². The number of nitrogens with one attached hydrogen (secondary N) is 1. The van der Waals surface area contributed by atoms with Gasteiger partial charge < -0.3 is 10.1 Å². The molecule has 0 atom stereocenters. The Labute approximate surface area is 146 Å². The molecule has 1 amide bonds. The second kappa shape index (κ2) is 6.43. The summed E-state index contributed by atoms with van der Waals surface area (Å²) in [5, 5.41) is 3.54. The van der Waals surface area contributed by atoms with Crippen LogP contribution in [0.3, 0.4) is 0 Å². The zero-order chi connectivity index (χ0) is 18.0. The Hall–Kier alpha value is -3.08. The Morgan fingerprint density at radius 3 is 2.28 bits per heavy atom. The Bertz CT molecular complexity index is 921. The van der Waals surface area contributed by atoms with Gasteiger partial charge in [0.15, 0.2) is 0 Å². The van der Waals surface area contributed by atoms with E-state index in [1.54, 1.807) is 26.8 Å². The fourth-order valence-corrected chi connectivity index (χ4v) is 2.54. The van der Waals surface area contributed by atoms with Crippen LogP contribution in [0.15, 0.2) is 60.8 Å². The number of para-hydroxylation sites is 2. The summed E-state index contributed by atoms with van der Waals surface area (Å²) in [6, 6.07) is 16.5. The van der Waals surface area contributed by atoms with Crippen molar-refractivity contribution in [2.24, 2.45) is 0 Å². The van der Waals surface area contributed by atoms with Crippen LogP contribution in [-0.4, -0.2) is 22.2 Å². The van der Waals surface area contributed by atoms with E-state index in [4.69, 9.17) is 4.74 Å². The van der Waals surface area contributed by atoms with Crippen LogP contribution in [0.5, 0.6) is 0 Å². The maximum Gasteiger partial charge on any atom is 0.419 e. The van der Waals surface area contributed by atoms with Gasteiger partial charge in [0.2, 0.25) is 0 Å². The van der Waals surface area contributed by atoms with Gasteiger partial charge in [0.25, 0.3) is 5.91 Å². The number of amides is 1. The lowest BCUT2D eigenvalue weighted by Gasteiger charge is -2.19. The van der Waals surface area contributed by atoms with Crippen molar-refractivity contribution in [1.82, 2.24) is 4.57 Å².